The van der Waals surface area contributed by atoms with E-state index in [1.165, 1.54) is 12.1 Å². The maximum atomic E-state index is 12.6. The monoisotopic (exact) mass is 403 g/mol. The SMILES string of the molecule is COC(=O)c1c(N)c(C#N)cn1-c1cc(Br)ccc1OC(F)(F)F. The van der Waals surface area contributed by atoms with Gasteiger partial charge in [-0.2, -0.15) is 5.26 Å². The van der Waals surface area contributed by atoms with E-state index < -0.39 is 18.1 Å². The molecule has 0 spiro atoms. The summed E-state index contributed by atoms with van der Waals surface area (Å²) < 4.78 is 47.8. The van der Waals surface area contributed by atoms with Crippen molar-refractivity contribution in [2.75, 3.05) is 12.8 Å². The van der Waals surface area contributed by atoms with Crippen LogP contribution >= 0.6 is 15.9 Å². The third-order valence-corrected chi connectivity index (χ3v) is 3.44. The molecule has 24 heavy (non-hydrogen) atoms. The highest BCUT2D eigenvalue weighted by Crippen LogP contribution is 2.34. The highest BCUT2D eigenvalue weighted by molar-refractivity contribution is 9.10. The molecule has 2 aromatic rings. The van der Waals surface area contributed by atoms with Gasteiger partial charge < -0.3 is 19.8 Å². The highest BCUT2D eigenvalue weighted by Gasteiger charge is 2.33. The van der Waals surface area contributed by atoms with Gasteiger partial charge in [0.15, 0.2) is 11.4 Å². The Hall–Kier alpha value is -2.67. The van der Waals surface area contributed by atoms with E-state index in [0.29, 0.717) is 4.47 Å². The normalized spacial score (nSPS) is 11.0. The van der Waals surface area contributed by atoms with Crippen molar-refractivity contribution in [3.63, 3.8) is 0 Å². The van der Waals surface area contributed by atoms with E-state index in [0.717, 1.165) is 23.9 Å². The summed E-state index contributed by atoms with van der Waals surface area (Å²) in [5.41, 5.74) is 5.01. The fourth-order valence-corrected chi connectivity index (χ4v) is 2.34. The Morgan fingerprint density at radius 3 is 2.62 bits per heavy atom. The topological polar surface area (TPSA) is 90.3 Å². The van der Waals surface area contributed by atoms with E-state index in [-0.39, 0.29) is 22.6 Å². The molecule has 0 saturated heterocycles. The van der Waals surface area contributed by atoms with Gasteiger partial charge in [0.25, 0.3) is 0 Å². The van der Waals surface area contributed by atoms with Crippen LogP contribution < -0.4 is 10.5 Å². The Morgan fingerprint density at radius 2 is 2.08 bits per heavy atom. The van der Waals surface area contributed by atoms with Gasteiger partial charge in [0.05, 0.1) is 24.0 Å². The number of carbonyl (C=O) groups excluding carboxylic acids is 1. The molecule has 0 bridgehead atoms. The minimum atomic E-state index is -4.94. The summed E-state index contributed by atoms with van der Waals surface area (Å²) >= 11 is 3.13. The molecule has 126 valence electrons. The molecule has 1 aromatic heterocycles. The standard InChI is InChI=1S/C14H9BrF3N3O3/c1-23-13(22)12-11(20)7(5-19)6-21(12)9-4-8(15)2-3-10(9)24-14(16,17)18/h2-4,6H,20H2,1H3. The van der Waals surface area contributed by atoms with Crippen LogP contribution in [0.3, 0.4) is 0 Å². The number of carbonyl (C=O) groups is 1. The zero-order valence-electron chi connectivity index (χ0n) is 12.0. The summed E-state index contributed by atoms with van der Waals surface area (Å²) in [6, 6.07) is 5.44. The van der Waals surface area contributed by atoms with Gasteiger partial charge in [0.2, 0.25) is 0 Å². The molecule has 0 radical (unpaired) electrons. The molecule has 0 amide bonds. The van der Waals surface area contributed by atoms with Crippen LogP contribution in [0.5, 0.6) is 5.75 Å². The third-order valence-electron chi connectivity index (χ3n) is 2.95. The summed E-state index contributed by atoms with van der Waals surface area (Å²) in [6.07, 6.45) is -3.81. The number of ether oxygens (including phenoxy) is 2. The number of nitrogens with zero attached hydrogens (tertiary/aromatic N) is 2. The van der Waals surface area contributed by atoms with Crippen molar-refractivity contribution in [2.45, 2.75) is 6.36 Å². The number of alkyl halides is 3. The molecule has 0 aliphatic carbocycles. The van der Waals surface area contributed by atoms with E-state index in [4.69, 9.17) is 11.0 Å². The van der Waals surface area contributed by atoms with Crippen LogP contribution in [-0.4, -0.2) is 24.0 Å². The van der Waals surface area contributed by atoms with Gasteiger partial charge in [-0.05, 0) is 18.2 Å². The van der Waals surface area contributed by atoms with Crippen molar-refractivity contribution >= 4 is 27.6 Å². The Morgan fingerprint density at radius 1 is 1.42 bits per heavy atom. The Kier molecular flexibility index (Phi) is 4.75. The number of nitrogen functional groups attached to an aromatic ring is 1. The molecular formula is C14H9BrF3N3O3. The van der Waals surface area contributed by atoms with Crippen molar-refractivity contribution in [1.29, 1.82) is 5.26 Å². The third kappa shape index (κ3) is 3.46. The van der Waals surface area contributed by atoms with Crippen molar-refractivity contribution in [3.05, 3.63) is 40.1 Å². The van der Waals surface area contributed by atoms with Gasteiger partial charge in [0, 0.05) is 10.7 Å². The fraction of sp³-hybridized carbons (Fsp3) is 0.143. The summed E-state index contributed by atoms with van der Waals surface area (Å²) in [5, 5.41) is 9.05. The van der Waals surface area contributed by atoms with Crippen LogP contribution in [0, 0.1) is 11.3 Å². The van der Waals surface area contributed by atoms with Gasteiger partial charge in [0.1, 0.15) is 6.07 Å². The van der Waals surface area contributed by atoms with Gasteiger partial charge in [-0.1, -0.05) is 15.9 Å². The number of halogens is 4. The molecule has 0 atom stereocenters. The summed E-state index contributed by atoms with van der Waals surface area (Å²) in [6.45, 7) is 0. The zero-order valence-corrected chi connectivity index (χ0v) is 13.6. The lowest BCUT2D eigenvalue weighted by Gasteiger charge is -2.16. The van der Waals surface area contributed by atoms with Gasteiger partial charge in [-0.3, -0.25) is 0 Å². The second kappa shape index (κ2) is 6.45. The molecule has 0 fully saturated rings. The first-order valence-electron chi connectivity index (χ1n) is 6.23. The molecule has 2 rings (SSSR count). The predicted octanol–water partition coefficient (Wildman–Crippen LogP) is 3.38. The second-order valence-corrected chi connectivity index (χ2v) is 5.35. The maximum absolute atomic E-state index is 12.6. The predicted molar refractivity (Wildman–Crippen MR) is 80.6 cm³/mol. The van der Waals surface area contributed by atoms with Gasteiger partial charge in [-0.15, -0.1) is 13.2 Å². The average molecular weight is 404 g/mol. The van der Waals surface area contributed by atoms with E-state index in [9.17, 15) is 18.0 Å². The van der Waals surface area contributed by atoms with Crippen LogP contribution in [0.15, 0.2) is 28.9 Å². The Labute approximate surface area is 142 Å². The van der Waals surface area contributed by atoms with Crippen LogP contribution in [0.2, 0.25) is 0 Å². The Balaban J connectivity index is 2.74. The lowest BCUT2D eigenvalue weighted by atomic mass is 10.2. The lowest BCUT2D eigenvalue weighted by Crippen LogP contribution is -2.19. The number of benzene rings is 1. The highest BCUT2D eigenvalue weighted by atomic mass is 79.9. The number of rotatable bonds is 3. The number of aromatic nitrogens is 1. The molecule has 10 heteroatoms. The van der Waals surface area contributed by atoms with Gasteiger partial charge >= 0.3 is 12.3 Å². The molecule has 0 aliphatic heterocycles. The molecule has 1 heterocycles. The lowest BCUT2D eigenvalue weighted by molar-refractivity contribution is -0.274. The number of nitrogens with two attached hydrogens (primary N) is 1. The van der Waals surface area contributed by atoms with E-state index >= 15 is 0 Å². The fourth-order valence-electron chi connectivity index (χ4n) is 1.99. The van der Waals surface area contributed by atoms with E-state index in [1.807, 2.05) is 0 Å². The van der Waals surface area contributed by atoms with Crippen LogP contribution in [0.1, 0.15) is 16.1 Å². The summed E-state index contributed by atoms with van der Waals surface area (Å²) in [4.78, 5) is 11.9. The molecule has 6 nitrogen and oxygen atoms in total. The first-order chi connectivity index (χ1) is 11.2. The molecule has 0 unspecified atom stereocenters. The van der Waals surface area contributed by atoms with Crippen molar-refractivity contribution < 1.29 is 27.4 Å². The van der Waals surface area contributed by atoms with E-state index in [2.05, 4.69) is 25.4 Å². The van der Waals surface area contributed by atoms with E-state index in [1.54, 1.807) is 6.07 Å². The molecule has 0 saturated carbocycles. The molecular weight excluding hydrogens is 395 g/mol. The minimum Gasteiger partial charge on any atom is -0.464 e. The smallest absolute Gasteiger partial charge is 0.464 e. The Bertz CT molecular complexity index is 840. The minimum absolute atomic E-state index is 0.0895. The molecule has 1 aromatic carbocycles. The van der Waals surface area contributed by atoms with Gasteiger partial charge in [-0.25, -0.2) is 4.79 Å². The number of esters is 1. The number of anilines is 1. The summed E-state index contributed by atoms with van der Waals surface area (Å²) in [5.74, 6) is -1.48. The molecule has 2 N–H and O–H groups in total. The average Bonchev–Trinajstić information content (AvgIpc) is 2.83. The largest absolute Gasteiger partial charge is 0.573 e. The second-order valence-electron chi connectivity index (χ2n) is 4.44. The van der Waals surface area contributed by atoms with Crippen LogP contribution in [-0.2, 0) is 4.74 Å². The van der Waals surface area contributed by atoms with Crippen LogP contribution in [0.25, 0.3) is 5.69 Å². The first-order valence-corrected chi connectivity index (χ1v) is 7.02. The van der Waals surface area contributed by atoms with Crippen molar-refractivity contribution in [2.24, 2.45) is 0 Å². The zero-order chi connectivity index (χ0) is 18.1. The van der Waals surface area contributed by atoms with Crippen LogP contribution in [0.4, 0.5) is 18.9 Å². The molecule has 0 aliphatic rings. The number of methoxy groups -OCH3 is 1. The number of hydrogen-bond donors (Lipinski definition) is 1. The van der Waals surface area contributed by atoms with Crippen molar-refractivity contribution in [1.82, 2.24) is 4.57 Å². The summed E-state index contributed by atoms with van der Waals surface area (Å²) in [7, 11) is 1.08. The number of hydrogen-bond acceptors (Lipinski definition) is 5. The van der Waals surface area contributed by atoms with Crippen molar-refractivity contribution in [3.8, 4) is 17.5 Å². The maximum Gasteiger partial charge on any atom is 0.573 e. The first kappa shape index (κ1) is 17.7. The number of nitriles is 1. The quantitative estimate of drug-likeness (QED) is 0.793.